The lowest BCUT2D eigenvalue weighted by Gasteiger charge is -2.29. The number of methoxy groups -OCH3 is 1. The molecule has 2 unspecified atom stereocenters. The Labute approximate surface area is 114 Å². The minimum Gasteiger partial charge on any atom is -0.495 e. The van der Waals surface area contributed by atoms with E-state index >= 15 is 0 Å². The summed E-state index contributed by atoms with van der Waals surface area (Å²) < 4.78 is 5.14. The zero-order chi connectivity index (χ0) is 13.0. The number of rotatable bonds is 4. The van der Waals surface area contributed by atoms with Gasteiger partial charge in [0, 0.05) is 24.3 Å². The molecule has 0 spiro atoms. The van der Waals surface area contributed by atoms with Crippen molar-refractivity contribution < 1.29 is 4.74 Å². The predicted molar refractivity (Wildman–Crippen MR) is 76.7 cm³/mol. The zero-order valence-electron chi connectivity index (χ0n) is 11.0. The predicted octanol–water partition coefficient (Wildman–Crippen LogP) is 3.29. The lowest BCUT2D eigenvalue weighted by molar-refractivity contribution is 0.345. The normalized spacial score (nSPS) is 23.7. The maximum Gasteiger partial charge on any atom is 0.137 e. The van der Waals surface area contributed by atoms with E-state index in [1.807, 2.05) is 18.2 Å². The maximum absolute atomic E-state index is 6.09. The largest absolute Gasteiger partial charge is 0.495 e. The molecule has 100 valence electrons. The number of anilines is 1. The van der Waals surface area contributed by atoms with Crippen molar-refractivity contribution in [3.05, 3.63) is 23.2 Å². The lowest BCUT2D eigenvalue weighted by atomic mass is 9.99. The first-order valence-electron chi connectivity index (χ1n) is 6.52. The van der Waals surface area contributed by atoms with Crippen LogP contribution in [0.25, 0.3) is 0 Å². The summed E-state index contributed by atoms with van der Waals surface area (Å²) in [5.74, 6) is 0.714. The minimum absolute atomic E-state index is 0.551. The van der Waals surface area contributed by atoms with Gasteiger partial charge in [0.2, 0.25) is 0 Å². The van der Waals surface area contributed by atoms with E-state index in [4.69, 9.17) is 16.3 Å². The molecule has 2 atom stereocenters. The van der Waals surface area contributed by atoms with Crippen molar-refractivity contribution in [2.45, 2.75) is 38.3 Å². The van der Waals surface area contributed by atoms with Gasteiger partial charge in [0.1, 0.15) is 5.75 Å². The molecule has 0 bridgehead atoms. The van der Waals surface area contributed by atoms with Crippen molar-refractivity contribution in [1.29, 1.82) is 0 Å². The molecule has 1 aliphatic rings. The number of benzene rings is 1. The number of nitrogens with one attached hydrogen (secondary N) is 2. The number of hydrogen-bond donors (Lipinski definition) is 2. The third kappa shape index (κ3) is 3.53. The van der Waals surface area contributed by atoms with Crippen LogP contribution in [-0.2, 0) is 0 Å². The SMILES string of the molecule is COc1ccc(NCC2CCCC(C)N2)cc1Cl. The summed E-state index contributed by atoms with van der Waals surface area (Å²) in [4.78, 5) is 0. The summed E-state index contributed by atoms with van der Waals surface area (Å²) >= 11 is 6.09. The van der Waals surface area contributed by atoms with Crippen LogP contribution in [-0.4, -0.2) is 25.7 Å². The van der Waals surface area contributed by atoms with Gasteiger partial charge >= 0.3 is 0 Å². The Balaban J connectivity index is 1.88. The van der Waals surface area contributed by atoms with Crippen molar-refractivity contribution in [2.75, 3.05) is 19.0 Å². The molecule has 1 aromatic rings. The van der Waals surface area contributed by atoms with Gasteiger partial charge in [0.25, 0.3) is 0 Å². The summed E-state index contributed by atoms with van der Waals surface area (Å²) in [5, 5.41) is 7.67. The highest BCUT2D eigenvalue weighted by Crippen LogP contribution is 2.27. The van der Waals surface area contributed by atoms with Gasteiger partial charge in [-0.15, -0.1) is 0 Å². The van der Waals surface area contributed by atoms with Crippen molar-refractivity contribution in [3.63, 3.8) is 0 Å². The third-order valence-corrected chi connectivity index (χ3v) is 3.71. The number of piperidine rings is 1. The van der Waals surface area contributed by atoms with Gasteiger partial charge < -0.3 is 15.4 Å². The van der Waals surface area contributed by atoms with E-state index < -0.39 is 0 Å². The highest BCUT2D eigenvalue weighted by Gasteiger charge is 2.17. The summed E-state index contributed by atoms with van der Waals surface area (Å²) in [6.45, 7) is 3.18. The molecule has 4 heteroatoms. The minimum atomic E-state index is 0.551. The molecule has 2 rings (SSSR count). The topological polar surface area (TPSA) is 33.3 Å². The van der Waals surface area contributed by atoms with Gasteiger partial charge in [-0.25, -0.2) is 0 Å². The smallest absolute Gasteiger partial charge is 0.137 e. The van der Waals surface area contributed by atoms with Crippen LogP contribution in [0.15, 0.2) is 18.2 Å². The summed E-state index contributed by atoms with van der Waals surface area (Å²) in [6, 6.07) is 6.98. The second kappa shape index (κ2) is 6.30. The van der Waals surface area contributed by atoms with Crippen molar-refractivity contribution in [1.82, 2.24) is 5.32 Å². The van der Waals surface area contributed by atoms with Crippen LogP contribution in [0.2, 0.25) is 5.02 Å². The molecule has 0 radical (unpaired) electrons. The van der Waals surface area contributed by atoms with Gasteiger partial charge in [-0.1, -0.05) is 18.0 Å². The molecular weight excluding hydrogens is 248 g/mol. The van der Waals surface area contributed by atoms with Gasteiger partial charge in [0.05, 0.1) is 12.1 Å². The molecule has 0 aromatic heterocycles. The lowest BCUT2D eigenvalue weighted by Crippen LogP contribution is -2.44. The summed E-state index contributed by atoms with van der Waals surface area (Å²) in [6.07, 6.45) is 3.83. The van der Waals surface area contributed by atoms with E-state index in [0.29, 0.717) is 22.9 Å². The molecule has 1 fully saturated rings. The third-order valence-electron chi connectivity index (χ3n) is 3.41. The van der Waals surface area contributed by atoms with E-state index in [2.05, 4.69) is 17.6 Å². The Bertz CT molecular complexity index is 397. The van der Waals surface area contributed by atoms with Crippen LogP contribution in [0.1, 0.15) is 26.2 Å². The molecule has 18 heavy (non-hydrogen) atoms. The Morgan fingerprint density at radius 2 is 2.28 bits per heavy atom. The fourth-order valence-electron chi connectivity index (χ4n) is 2.42. The maximum atomic E-state index is 6.09. The quantitative estimate of drug-likeness (QED) is 0.879. The average Bonchev–Trinajstić information content (AvgIpc) is 2.37. The summed E-state index contributed by atoms with van der Waals surface area (Å²) in [5.41, 5.74) is 1.04. The van der Waals surface area contributed by atoms with Crippen LogP contribution in [0.5, 0.6) is 5.75 Å². The van der Waals surface area contributed by atoms with Crippen LogP contribution in [0.4, 0.5) is 5.69 Å². The Hall–Kier alpha value is -0.930. The van der Waals surface area contributed by atoms with E-state index in [-0.39, 0.29) is 0 Å². The number of ether oxygens (including phenoxy) is 1. The van der Waals surface area contributed by atoms with Gasteiger partial charge in [0.15, 0.2) is 0 Å². The number of halogens is 1. The highest BCUT2D eigenvalue weighted by atomic mass is 35.5. The molecule has 0 aliphatic carbocycles. The Kier molecular flexibility index (Phi) is 4.72. The van der Waals surface area contributed by atoms with E-state index in [0.717, 1.165) is 12.2 Å². The molecule has 1 saturated heterocycles. The summed E-state index contributed by atoms with van der Waals surface area (Å²) in [7, 11) is 1.63. The Morgan fingerprint density at radius 1 is 1.44 bits per heavy atom. The second-order valence-electron chi connectivity index (χ2n) is 4.93. The molecule has 2 N–H and O–H groups in total. The fourth-order valence-corrected chi connectivity index (χ4v) is 2.68. The molecule has 1 heterocycles. The Morgan fingerprint density at radius 3 is 2.94 bits per heavy atom. The van der Waals surface area contributed by atoms with Gasteiger partial charge in [-0.3, -0.25) is 0 Å². The van der Waals surface area contributed by atoms with Crippen molar-refractivity contribution >= 4 is 17.3 Å². The van der Waals surface area contributed by atoms with Crippen molar-refractivity contribution in [2.24, 2.45) is 0 Å². The van der Waals surface area contributed by atoms with Crippen LogP contribution in [0, 0.1) is 0 Å². The monoisotopic (exact) mass is 268 g/mol. The van der Waals surface area contributed by atoms with E-state index in [1.54, 1.807) is 7.11 Å². The van der Waals surface area contributed by atoms with Crippen LogP contribution in [0.3, 0.4) is 0 Å². The number of hydrogen-bond acceptors (Lipinski definition) is 3. The highest BCUT2D eigenvalue weighted by molar-refractivity contribution is 6.32. The first-order chi connectivity index (χ1) is 8.69. The fraction of sp³-hybridized carbons (Fsp3) is 0.571. The van der Waals surface area contributed by atoms with Crippen LogP contribution >= 0.6 is 11.6 Å². The van der Waals surface area contributed by atoms with E-state index in [1.165, 1.54) is 19.3 Å². The standard InChI is InChI=1S/C14H21ClN2O/c1-10-4-3-5-12(17-10)9-16-11-6-7-14(18-2)13(15)8-11/h6-8,10,12,16-17H,3-5,9H2,1-2H3. The zero-order valence-corrected chi connectivity index (χ0v) is 11.8. The molecule has 1 aromatic carbocycles. The average molecular weight is 269 g/mol. The van der Waals surface area contributed by atoms with E-state index in [9.17, 15) is 0 Å². The first kappa shape index (κ1) is 13.5. The van der Waals surface area contributed by atoms with Crippen LogP contribution < -0.4 is 15.4 Å². The molecule has 1 aliphatic heterocycles. The van der Waals surface area contributed by atoms with Gasteiger partial charge in [-0.2, -0.15) is 0 Å². The molecule has 3 nitrogen and oxygen atoms in total. The molecular formula is C14H21ClN2O. The molecule has 0 saturated carbocycles. The van der Waals surface area contributed by atoms with Gasteiger partial charge in [-0.05, 0) is 38.0 Å². The second-order valence-corrected chi connectivity index (χ2v) is 5.33. The van der Waals surface area contributed by atoms with Crippen molar-refractivity contribution in [3.8, 4) is 5.75 Å². The molecule has 0 amide bonds. The first-order valence-corrected chi connectivity index (χ1v) is 6.90.